The van der Waals surface area contributed by atoms with E-state index in [1.54, 1.807) is 36.5 Å². The van der Waals surface area contributed by atoms with Crippen molar-refractivity contribution in [2.75, 3.05) is 25.0 Å². The predicted octanol–water partition coefficient (Wildman–Crippen LogP) is 3.59. The third kappa shape index (κ3) is 6.09. The third-order valence-corrected chi connectivity index (χ3v) is 7.20. The van der Waals surface area contributed by atoms with E-state index in [1.807, 2.05) is 35.8 Å². The zero-order valence-corrected chi connectivity index (χ0v) is 22.2. The smallest absolute Gasteiger partial charge is 0.273 e. The number of carbonyl (C=O) groups excluding carboxylic acids is 2. The van der Waals surface area contributed by atoms with Crippen LogP contribution in [0.3, 0.4) is 0 Å². The monoisotopic (exact) mass is 527 g/mol. The van der Waals surface area contributed by atoms with Gasteiger partial charge >= 0.3 is 0 Å². The predicted molar refractivity (Wildman–Crippen MR) is 150 cm³/mol. The van der Waals surface area contributed by atoms with Crippen molar-refractivity contribution in [3.63, 3.8) is 0 Å². The lowest BCUT2D eigenvalue weighted by Crippen LogP contribution is -2.46. The summed E-state index contributed by atoms with van der Waals surface area (Å²) in [6.07, 6.45) is 2.71. The molecule has 0 saturated carbocycles. The van der Waals surface area contributed by atoms with Crippen molar-refractivity contribution in [3.8, 4) is 5.75 Å². The number of para-hydroxylation sites is 1. The maximum absolute atomic E-state index is 12.7. The Morgan fingerprint density at radius 2 is 1.92 bits per heavy atom. The summed E-state index contributed by atoms with van der Waals surface area (Å²) in [7, 11) is 0. The van der Waals surface area contributed by atoms with Crippen LogP contribution in [0, 0.1) is 5.92 Å². The van der Waals surface area contributed by atoms with Crippen LogP contribution in [-0.4, -0.2) is 47.2 Å². The van der Waals surface area contributed by atoms with Gasteiger partial charge in [-0.15, -0.1) is 0 Å². The molecule has 2 unspecified atom stereocenters. The Morgan fingerprint density at radius 1 is 1.08 bits per heavy atom. The average molecular weight is 528 g/mol. The van der Waals surface area contributed by atoms with Crippen LogP contribution in [0.25, 0.3) is 0 Å². The number of piperidine rings is 1. The maximum Gasteiger partial charge on any atom is 0.273 e. The van der Waals surface area contributed by atoms with Gasteiger partial charge < -0.3 is 14.6 Å². The quantitative estimate of drug-likeness (QED) is 0.344. The highest BCUT2D eigenvalue weighted by molar-refractivity contribution is 6.03. The van der Waals surface area contributed by atoms with Crippen molar-refractivity contribution in [2.45, 2.75) is 39.3 Å². The fraction of sp³-hybridized carbons (Fsp3) is 0.333. The summed E-state index contributed by atoms with van der Waals surface area (Å²) in [5, 5.41) is 6.82. The number of benzene rings is 2. The molecule has 2 amide bonds. The minimum Gasteiger partial charge on any atom is -0.494 e. The fourth-order valence-corrected chi connectivity index (χ4v) is 5.67. The lowest BCUT2D eigenvalue weighted by molar-refractivity contribution is -0.114. The van der Waals surface area contributed by atoms with E-state index in [4.69, 9.17) is 4.74 Å². The van der Waals surface area contributed by atoms with Crippen molar-refractivity contribution in [1.82, 2.24) is 14.9 Å². The number of fused-ring (bicyclic) bond motifs is 4. The molecule has 2 N–H and O–H groups in total. The average Bonchev–Trinajstić information content (AvgIpc) is 2.91. The second-order valence-corrected chi connectivity index (χ2v) is 10.1. The summed E-state index contributed by atoms with van der Waals surface area (Å²) in [4.78, 5) is 39.0. The van der Waals surface area contributed by atoms with E-state index in [9.17, 15) is 14.4 Å². The molecule has 3 heterocycles. The van der Waals surface area contributed by atoms with E-state index in [0.29, 0.717) is 29.7 Å². The first-order valence-corrected chi connectivity index (χ1v) is 13.3. The van der Waals surface area contributed by atoms with Gasteiger partial charge in [-0.05, 0) is 61.2 Å². The molecule has 9 nitrogen and oxygen atoms in total. The summed E-state index contributed by atoms with van der Waals surface area (Å²) in [5.41, 5.74) is 6.41. The zero-order valence-electron chi connectivity index (χ0n) is 22.2. The highest BCUT2D eigenvalue weighted by Crippen LogP contribution is 2.36. The minimum atomic E-state index is -0.416. The van der Waals surface area contributed by atoms with Crippen LogP contribution in [0.1, 0.15) is 53.4 Å². The van der Waals surface area contributed by atoms with Crippen molar-refractivity contribution >= 4 is 23.7 Å². The summed E-state index contributed by atoms with van der Waals surface area (Å²) in [6.45, 7) is 7.21. The molecule has 2 aromatic carbocycles. The largest absolute Gasteiger partial charge is 0.494 e. The summed E-state index contributed by atoms with van der Waals surface area (Å²) in [6, 6.07) is 18.3. The SMILES string of the molecule is CCOc1ccc(C=NNC(=O)c2ccccc2NC(C)=O)cc1CN1CC2CC(C1)c1cccc(=O)n1C2. The minimum absolute atomic E-state index is 0.0898. The topological polar surface area (TPSA) is 105 Å². The van der Waals surface area contributed by atoms with Crippen LogP contribution < -0.4 is 21.0 Å². The van der Waals surface area contributed by atoms with E-state index in [0.717, 1.165) is 55.2 Å². The number of aromatic nitrogens is 1. The summed E-state index contributed by atoms with van der Waals surface area (Å²) < 4.78 is 7.87. The number of ether oxygens (including phenoxy) is 1. The summed E-state index contributed by atoms with van der Waals surface area (Å²) in [5.74, 6) is 0.932. The third-order valence-electron chi connectivity index (χ3n) is 7.20. The van der Waals surface area contributed by atoms with Gasteiger partial charge in [-0.1, -0.05) is 18.2 Å². The maximum atomic E-state index is 12.7. The number of hydrogen-bond donors (Lipinski definition) is 2. The number of carbonyl (C=O) groups is 2. The normalized spacial score (nSPS) is 18.4. The second kappa shape index (κ2) is 11.7. The molecule has 202 valence electrons. The Labute approximate surface area is 227 Å². The lowest BCUT2D eigenvalue weighted by atomic mass is 9.83. The van der Waals surface area contributed by atoms with Gasteiger partial charge in [0.05, 0.1) is 24.1 Å². The van der Waals surface area contributed by atoms with Gasteiger partial charge in [-0.3, -0.25) is 19.3 Å². The molecule has 2 bridgehead atoms. The molecule has 1 aromatic heterocycles. The number of pyridine rings is 1. The van der Waals surface area contributed by atoms with Crippen LogP contribution in [0.15, 0.2) is 70.6 Å². The number of nitrogens with zero attached hydrogens (tertiary/aromatic N) is 3. The van der Waals surface area contributed by atoms with E-state index in [2.05, 4.69) is 26.8 Å². The molecule has 3 aromatic rings. The van der Waals surface area contributed by atoms with Crippen molar-refractivity contribution in [2.24, 2.45) is 11.0 Å². The van der Waals surface area contributed by atoms with E-state index < -0.39 is 5.91 Å². The van der Waals surface area contributed by atoms with Crippen LogP contribution >= 0.6 is 0 Å². The number of likely N-dealkylation sites (tertiary alicyclic amines) is 1. The summed E-state index contributed by atoms with van der Waals surface area (Å²) >= 11 is 0. The molecular formula is C30H33N5O4. The van der Waals surface area contributed by atoms with Crippen molar-refractivity contribution in [1.29, 1.82) is 0 Å². The molecule has 2 atom stereocenters. The molecule has 1 saturated heterocycles. The molecule has 9 heteroatoms. The second-order valence-electron chi connectivity index (χ2n) is 10.1. The fourth-order valence-electron chi connectivity index (χ4n) is 5.67. The van der Waals surface area contributed by atoms with Gasteiger partial charge in [0.2, 0.25) is 5.91 Å². The van der Waals surface area contributed by atoms with Gasteiger partial charge in [-0.25, -0.2) is 5.43 Å². The van der Waals surface area contributed by atoms with Gasteiger partial charge in [-0.2, -0.15) is 5.10 Å². The van der Waals surface area contributed by atoms with E-state index >= 15 is 0 Å². The van der Waals surface area contributed by atoms with Gasteiger partial charge in [0.15, 0.2) is 0 Å². The Kier molecular flexibility index (Phi) is 7.88. The zero-order chi connectivity index (χ0) is 27.4. The molecule has 1 fully saturated rings. The highest BCUT2D eigenvalue weighted by Gasteiger charge is 2.34. The molecule has 5 rings (SSSR count). The number of hydrogen-bond acceptors (Lipinski definition) is 6. The molecule has 39 heavy (non-hydrogen) atoms. The molecule has 0 radical (unpaired) electrons. The Hall–Kier alpha value is -4.24. The molecule has 0 aliphatic carbocycles. The van der Waals surface area contributed by atoms with Gasteiger partial charge in [0, 0.05) is 56.3 Å². The highest BCUT2D eigenvalue weighted by atomic mass is 16.5. The Balaban J connectivity index is 1.29. The van der Waals surface area contributed by atoms with Gasteiger partial charge in [0.1, 0.15) is 5.75 Å². The van der Waals surface area contributed by atoms with Crippen LogP contribution in [-0.2, 0) is 17.9 Å². The van der Waals surface area contributed by atoms with E-state index in [1.165, 1.54) is 6.92 Å². The van der Waals surface area contributed by atoms with Crippen molar-refractivity contribution in [3.05, 3.63) is 93.4 Å². The molecular weight excluding hydrogens is 494 g/mol. The van der Waals surface area contributed by atoms with Crippen LogP contribution in [0.4, 0.5) is 5.69 Å². The lowest BCUT2D eigenvalue weighted by Gasteiger charge is -2.43. The molecule has 2 aliphatic heterocycles. The van der Waals surface area contributed by atoms with E-state index in [-0.39, 0.29) is 11.5 Å². The molecule has 2 aliphatic rings. The Bertz CT molecular complexity index is 1460. The number of hydrazone groups is 1. The van der Waals surface area contributed by atoms with Crippen LogP contribution in [0.5, 0.6) is 5.75 Å². The van der Waals surface area contributed by atoms with Crippen LogP contribution in [0.2, 0.25) is 0 Å². The first-order chi connectivity index (χ1) is 18.9. The standard InChI is InChI=1S/C30H33N5O4/c1-3-39-28-12-11-21(15-31-33-30(38)25-7-4-5-8-26(25)32-20(2)36)13-24(28)19-34-16-22-14-23(18-34)27-9-6-10-29(37)35(27)17-22/h4-13,15,22-23H,3,14,16-19H2,1-2H3,(H,32,36)(H,33,38). The van der Waals surface area contributed by atoms with Crippen molar-refractivity contribution < 1.29 is 14.3 Å². The first kappa shape index (κ1) is 26.4. The number of rotatable bonds is 8. The number of nitrogens with one attached hydrogen (secondary N) is 2. The first-order valence-electron chi connectivity index (χ1n) is 13.3. The number of anilines is 1. The molecule has 0 spiro atoms. The van der Waals surface area contributed by atoms with Gasteiger partial charge in [0.25, 0.3) is 11.5 Å². The Morgan fingerprint density at radius 3 is 2.74 bits per heavy atom. The number of amides is 2.